The van der Waals surface area contributed by atoms with E-state index in [-0.39, 0.29) is 5.41 Å². The van der Waals surface area contributed by atoms with Crippen LogP contribution in [0.2, 0.25) is 13.1 Å². The Hall–Kier alpha value is -1.65. The van der Waals surface area contributed by atoms with E-state index < -0.39 is 36.1 Å². The van der Waals surface area contributed by atoms with Gasteiger partial charge in [-0.15, -0.1) is 0 Å². The smallest absolute Gasteiger partial charge is 0.407 e. The minimum atomic E-state index is -5.80. The van der Waals surface area contributed by atoms with E-state index in [4.69, 9.17) is 4.43 Å². The maximum absolute atomic E-state index is 12.8. The summed E-state index contributed by atoms with van der Waals surface area (Å²) in [4.78, 5) is 4.09. The van der Waals surface area contributed by atoms with E-state index in [0.29, 0.717) is 10.9 Å². The van der Waals surface area contributed by atoms with Gasteiger partial charge in [0.1, 0.15) is 0 Å². The van der Waals surface area contributed by atoms with Crippen LogP contribution >= 0.6 is 0 Å². The number of alkyl halides is 3. The fraction of sp³-hybridized carbons (Fsp3) is 0.640. The molecule has 0 aliphatic carbocycles. The van der Waals surface area contributed by atoms with Gasteiger partial charge in [0.2, 0.25) is 14.9 Å². The number of fused-ring (bicyclic) bond motifs is 1. The van der Waals surface area contributed by atoms with Crippen molar-refractivity contribution < 1.29 is 30.2 Å². The number of benzene rings is 1. The molecule has 1 atom stereocenters. The normalized spacial score (nSPS) is 14.9. The van der Waals surface area contributed by atoms with Crippen molar-refractivity contribution in [2.24, 2.45) is 5.41 Å². The van der Waals surface area contributed by atoms with Gasteiger partial charge in [0, 0.05) is 11.5 Å². The first-order chi connectivity index (χ1) is 16.1. The van der Waals surface area contributed by atoms with Crippen LogP contribution in [0.3, 0.4) is 0 Å². The van der Waals surface area contributed by atoms with Crippen LogP contribution in [0.25, 0.3) is 10.9 Å². The van der Waals surface area contributed by atoms with Crippen LogP contribution in [-0.2, 0) is 20.1 Å². The van der Waals surface area contributed by atoms with Crippen molar-refractivity contribution in [3.8, 4) is 5.88 Å². The molecule has 0 aliphatic heterocycles. The zero-order chi connectivity index (χ0) is 26.5. The van der Waals surface area contributed by atoms with Gasteiger partial charge in [0.25, 0.3) is 0 Å². The zero-order valence-electron chi connectivity index (χ0n) is 21.5. The third kappa shape index (κ3) is 7.42. The Balaban J connectivity index is 2.48. The first-order valence-corrected chi connectivity index (χ1v) is 15.9. The monoisotopic (exact) mass is 532 g/mol. The van der Waals surface area contributed by atoms with E-state index >= 15 is 0 Å². The summed E-state index contributed by atoms with van der Waals surface area (Å²) in [6.45, 7) is 12.7. The number of aromatic nitrogens is 1. The molecule has 1 aromatic carbocycles. The average molecular weight is 533 g/mol. The molecular weight excluding hydrogens is 495 g/mol. The molecule has 1 heterocycles. The second kappa shape index (κ2) is 11.6. The van der Waals surface area contributed by atoms with Crippen molar-refractivity contribution >= 4 is 30.1 Å². The summed E-state index contributed by atoms with van der Waals surface area (Å²) in [7, 11) is -6.92. The zero-order valence-corrected chi connectivity index (χ0v) is 23.3. The molecule has 0 saturated heterocycles. The highest BCUT2D eigenvalue weighted by molar-refractivity contribution is 7.87. The molecule has 2 aromatic rings. The number of hydrogen-bond donors (Lipinski definition) is 0. The standard InChI is InChI=1S/C25H37F3NO4SSi/c1-7-8-9-10-11-12-17-24(23(2,3)4,33-35(5)6)20-15-13-19-14-16-22(29-21(19)18-20)32-34(30,31)25(26,27)28/h13-16,18H,7-12,17H2,1-6H3. The van der Waals surface area contributed by atoms with Gasteiger partial charge in [-0.2, -0.15) is 21.6 Å². The Labute approximate surface area is 209 Å². The van der Waals surface area contributed by atoms with E-state index in [9.17, 15) is 21.6 Å². The molecule has 1 aromatic heterocycles. The van der Waals surface area contributed by atoms with Crippen LogP contribution in [0.15, 0.2) is 30.3 Å². The molecule has 0 spiro atoms. The molecule has 2 rings (SSSR count). The molecule has 0 N–H and O–H groups in total. The molecule has 10 heteroatoms. The Morgan fingerprint density at radius 1 is 0.943 bits per heavy atom. The van der Waals surface area contributed by atoms with Crippen LogP contribution in [0.4, 0.5) is 13.2 Å². The third-order valence-corrected chi connectivity index (χ3v) is 7.80. The molecule has 1 radical (unpaired) electrons. The van der Waals surface area contributed by atoms with Crippen molar-refractivity contribution in [3.63, 3.8) is 0 Å². The average Bonchev–Trinajstić information content (AvgIpc) is 2.72. The molecule has 0 bridgehead atoms. The lowest BCUT2D eigenvalue weighted by Gasteiger charge is -2.47. The summed E-state index contributed by atoms with van der Waals surface area (Å²) < 4.78 is 72.2. The van der Waals surface area contributed by atoms with Gasteiger partial charge >= 0.3 is 15.6 Å². The largest absolute Gasteiger partial charge is 0.534 e. The maximum atomic E-state index is 12.8. The van der Waals surface area contributed by atoms with Gasteiger partial charge in [-0.05, 0) is 42.6 Å². The summed E-state index contributed by atoms with van der Waals surface area (Å²) in [6.07, 6.45) is 7.65. The highest BCUT2D eigenvalue weighted by Gasteiger charge is 2.49. The molecule has 0 fully saturated rings. The molecule has 0 saturated carbocycles. The lowest BCUT2D eigenvalue weighted by atomic mass is 9.69. The highest BCUT2D eigenvalue weighted by atomic mass is 32.2. The molecule has 197 valence electrons. The lowest BCUT2D eigenvalue weighted by Crippen LogP contribution is -2.45. The minimum absolute atomic E-state index is 0.278. The van der Waals surface area contributed by atoms with Crippen molar-refractivity contribution in [2.45, 2.75) is 96.8 Å². The summed E-state index contributed by atoms with van der Waals surface area (Å²) in [5, 5.41) is 0.659. The van der Waals surface area contributed by atoms with Crippen molar-refractivity contribution in [2.75, 3.05) is 0 Å². The first kappa shape index (κ1) is 29.6. The molecule has 1 unspecified atom stereocenters. The number of halogens is 3. The topological polar surface area (TPSA) is 65.5 Å². The fourth-order valence-corrected chi connectivity index (χ4v) is 5.91. The Bertz CT molecular complexity index is 1080. The second-order valence-electron chi connectivity index (χ2n) is 10.1. The van der Waals surface area contributed by atoms with Crippen molar-refractivity contribution in [1.29, 1.82) is 0 Å². The summed E-state index contributed by atoms with van der Waals surface area (Å²) >= 11 is 0. The van der Waals surface area contributed by atoms with Gasteiger partial charge in [-0.25, -0.2) is 4.98 Å². The Kier molecular flexibility index (Phi) is 9.80. The van der Waals surface area contributed by atoms with E-state index in [1.54, 1.807) is 6.07 Å². The van der Waals surface area contributed by atoms with Gasteiger partial charge in [0.15, 0.2) is 0 Å². The summed E-state index contributed by atoms with van der Waals surface area (Å²) in [6, 6.07) is 8.21. The molecular formula is C25H37F3NO4SSi. The summed E-state index contributed by atoms with van der Waals surface area (Å²) in [5.74, 6) is -0.624. The van der Waals surface area contributed by atoms with Gasteiger partial charge < -0.3 is 8.61 Å². The number of rotatable bonds is 12. The van der Waals surface area contributed by atoms with Crippen LogP contribution < -0.4 is 4.18 Å². The SMILES string of the molecule is CCCCCCCCC(O[Si](C)C)(c1ccc2ccc(OS(=O)(=O)C(F)(F)F)nc2c1)C(C)(C)C. The molecule has 0 aliphatic rings. The quantitative estimate of drug-likeness (QED) is 0.121. The van der Waals surface area contributed by atoms with Gasteiger partial charge in [0.05, 0.1) is 11.1 Å². The van der Waals surface area contributed by atoms with E-state index in [1.807, 2.05) is 12.1 Å². The predicted octanol–water partition coefficient (Wildman–Crippen LogP) is 7.72. The van der Waals surface area contributed by atoms with Crippen LogP contribution in [0, 0.1) is 5.41 Å². The number of nitrogens with zero attached hydrogens (tertiary/aromatic N) is 1. The highest BCUT2D eigenvalue weighted by Crippen LogP contribution is 2.47. The lowest BCUT2D eigenvalue weighted by molar-refractivity contribution is -0.0505. The molecule has 35 heavy (non-hydrogen) atoms. The van der Waals surface area contributed by atoms with E-state index in [1.165, 1.54) is 25.3 Å². The van der Waals surface area contributed by atoms with Crippen LogP contribution in [-0.4, -0.2) is 28.0 Å². The number of unbranched alkanes of at least 4 members (excludes halogenated alkanes) is 5. The van der Waals surface area contributed by atoms with Crippen LogP contribution in [0.5, 0.6) is 5.88 Å². The maximum Gasteiger partial charge on any atom is 0.534 e. The molecule has 0 amide bonds. The Morgan fingerprint density at radius 3 is 2.11 bits per heavy atom. The van der Waals surface area contributed by atoms with Crippen LogP contribution in [0.1, 0.15) is 78.2 Å². The minimum Gasteiger partial charge on any atom is -0.407 e. The number of hydrogen-bond acceptors (Lipinski definition) is 5. The Morgan fingerprint density at radius 2 is 1.54 bits per heavy atom. The van der Waals surface area contributed by atoms with Gasteiger partial charge in [-0.1, -0.05) is 78.4 Å². The predicted molar refractivity (Wildman–Crippen MR) is 135 cm³/mol. The van der Waals surface area contributed by atoms with Crippen molar-refractivity contribution in [3.05, 3.63) is 35.9 Å². The molecule has 5 nitrogen and oxygen atoms in total. The fourth-order valence-electron chi connectivity index (χ4n) is 4.27. The van der Waals surface area contributed by atoms with Crippen molar-refractivity contribution in [1.82, 2.24) is 4.98 Å². The number of pyridine rings is 1. The first-order valence-electron chi connectivity index (χ1n) is 12.0. The van der Waals surface area contributed by atoms with Gasteiger partial charge in [-0.3, -0.25) is 0 Å². The third-order valence-electron chi connectivity index (χ3n) is 6.08. The van der Waals surface area contributed by atoms with E-state index in [0.717, 1.165) is 37.3 Å². The summed E-state index contributed by atoms with van der Waals surface area (Å²) in [5.41, 5.74) is -5.21. The van der Waals surface area contributed by atoms with E-state index in [2.05, 4.69) is 50.0 Å². The second-order valence-corrected chi connectivity index (χ2v) is 13.7.